The Balaban J connectivity index is 2.04. The molecular weight excluding hydrogens is 375 g/mol. The minimum atomic E-state index is -3.68. The summed E-state index contributed by atoms with van der Waals surface area (Å²) < 4.78 is 43.8. The van der Waals surface area contributed by atoms with Gasteiger partial charge in [-0.1, -0.05) is 5.16 Å². The van der Waals surface area contributed by atoms with Gasteiger partial charge in [0.05, 0.1) is 27.9 Å². The summed E-state index contributed by atoms with van der Waals surface area (Å²) in [6.45, 7) is 0. The van der Waals surface area contributed by atoms with Crippen LogP contribution in [0.2, 0.25) is 0 Å². The van der Waals surface area contributed by atoms with Gasteiger partial charge in [-0.05, 0) is 12.1 Å². The van der Waals surface area contributed by atoms with Gasteiger partial charge in [0.15, 0.2) is 21.2 Å². The van der Waals surface area contributed by atoms with Crippen LogP contribution in [0.15, 0.2) is 40.1 Å². The van der Waals surface area contributed by atoms with Crippen LogP contribution in [0.5, 0.6) is 0 Å². The number of H-pyrrole nitrogens is 1. The highest BCUT2D eigenvalue weighted by molar-refractivity contribution is 7.90. The molecule has 138 valence electrons. The standard InChI is InChI=1S/C16H13FN6O3S/c1-27(24,25)12-2-8(10(17)3-11(12)18)14-13-15(26-23-16(13)19)9(6-20-14)7-4-21-22-5-7/h2-6H,18H2,1H3,(H2,19,23)(H,21,22). The molecule has 0 saturated carbocycles. The third-order valence-corrected chi connectivity index (χ3v) is 5.24. The highest BCUT2D eigenvalue weighted by Gasteiger charge is 2.23. The Morgan fingerprint density at radius 2 is 1.96 bits per heavy atom. The first-order valence-corrected chi connectivity index (χ1v) is 9.49. The maximum Gasteiger partial charge on any atom is 0.180 e. The maximum absolute atomic E-state index is 14.6. The largest absolute Gasteiger partial charge is 0.398 e. The number of sulfone groups is 1. The van der Waals surface area contributed by atoms with Crippen LogP contribution < -0.4 is 11.5 Å². The number of aromatic amines is 1. The number of nitrogen functional groups attached to an aromatic ring is 2. The predicted molar refractivity (Wildman–Crippen MR) is 96.7 cm³/mol. The molecule has 0 amide bonds. The third kappa shape index (κ3) is 2.68. The van der Waals surface area contributed by atoms with Crippen molar-refractivity contribution in [1.82, 2.24) is 20.3 Å². The lowest BCUT2D eigenvalue weighted by Crippen LogP contribution is -2.04. The molecule has 0 spiro atoms. The fourth-order valence-corrected chi connectivity index (χ4v) is 3.67. The molecule has 0 aliphatic heterocycles. The zero-order valence-electron chi connectivity index (χ0n) is 13.9. The zero-order chi connectivity index (χ0) is 19.3. The number of nitrogens with two attached hydrogens (primary N) is 2. The zero-order valence-corrected chi connectivity index (χ0v) is 14.7. The Hall–Kier alpha value is -3.47. The number of benzene rings is 1. The Bertz CT molecular complexity index is 1280. The Morgan fingerprint density at radius 1 is 1.19 bits per heavy atom. The Labute approximate surface area is 152 Å². The average molecular weight is 388 g/mol. The van der Waals surface area contributed by atoms with E-state index in [0.717, 1.165) is 18.4 Å². The van der Waals surface area contributed by atoms with Crippen molar-refractivity contribution in [2.24, 2.45) is 0 Å². The van der Waals surface area contributed by atoms with Crippen LogP contribution in [-0.2, 0) is 9.84 Å². The van der Waals surface area contributed by atoms with Gasteiger partial charge in [-0.2, -0.15) is 5.10 Å². The van der Waals surface area contributed by atoms with Crippen molar-refractivity contribution in [3.05, 3.63) is 36.5 Å². The Morgan fingerprint density at radius 3 is 2.63 bits per heavy atom. The van der Waals surface area contributed by atoms with E-state index in [1.807, 2.05) is 0 Å². The van der Waals surface area contributed by atoms with Crippen LogP contribution in [0.3, 0.4) is 0 Å². The monoisotopic (exact) mass is 388 g/mol. The summed E-state index contributed by atoms with van der Waals surface area (Å²) in [5, 5.41) is 10.5. The SMILES string of the molecule is CS(=O)(=O)c1cc(-c2ncc(-c3cn[nH]c3)c3onc(N)c23)c(F)cc1N. The van der Waals surface area contributed by atoms with E-state index in [4.69, 9.17) is 16.0 Å². The molecule has 4 aromatic rings. The fourth-order valence-electron chi connectivity index (χ4n) is 2.85. The molecule has 0 fully saturated rings. The molecule has 0 bridgehead atoms. The first-order chi connectivity index (χ1) is 12.8. The molecule has 0 aliphatic rings. The summed E-state index contributed by atoms with van der Waals surface area (Å²) in [6, 6.07) is 2.07. The molecule has 27 heavy (non-hydrogen) atoms. The minimum Gasteiger partial charge on any atom is -0.398 e. The van der Waals surface area contributed by atoms with Crippen LogP contribution >= 0.6 is 0 Å². The number of halogens is 1. The number of rotatable bonds is 3. The van der Waals surface area contributed by atoms with Gasteiger partial charge in [0, 0.05) is 35.3 Å². The predicted octanol–water partition coefficient (Wildman–Crippen LogP) is 1.99. The molecule has 11 heteroatoms. The van der Waals surface area contributed by atoms with Gasteiger partial charge in [0.1, 0.15) is 5.82 Å². The second-order valence-electron chi connectivity index (χ2n) is 5.92. The molecule has 0 radical (unpaired) electrons. The van der Waals surface area contributed by atoms with Crippen molar-refractivity contribution >= 4 is 32.3 Å². The van der Waals surface area contributed by atoms with Crippen LogP contribution in [-0.4, -0.2) is 35.0 Å². The van der Waals surface area contributed by atoms with E-state index in [1.54, 1.807) is 12.4 Å². The molecule has 0 atom stereocenters. The smallest absolute Gasteiger partial charge is 0.180 e. The van der Waals surface area contributed by atoms with Crippen molar-refractivity contribution in [3.63, 3.8) is 0 Å². The number of fused-ring (bicyclic) bond motifs is 1. The third-order valence-electron chi connectivity index (χ3n) is 4.09. The van der Waals surface area contributed by atoms with Gasteiger partial charge in [-0.15, -0.1) is 0 Å². The number of hydrogen-bond donors (Lipinski definition) is 3. The number of nitrogens with one attached hydrogen (secondary N) is 1. The highest BCUT2D eigenvalue weighted by atomic mass is 32.2. The maximum atomic E-state index is 14.6. The Kier molecular flexibility index (Phi) is 3.63. The van der Waals surface area contributed by atoms with Crippen molar-refractivity contribution in [2.75, 3.05) is 17.7 Å². The molecule has 3 aromatic heterocycles. The fraction of sp³-hybridized carbons (Fsp3) is 0.0625. The summed E-state index contributed by atoms with van der Waals surface area (Å²) >= 11 is 0. The van der Waals surface area contributed by atoms with Gasteiger partial charge in [-0.25, -0.2) is 12.8 Å². The van der Waals surface area contributed by atoms with E-state index in [2.05, 4.69) is 20.3 Å². The van der Waals surface area contributed by atoms with Crippen LogP contribution in [0, 0.1) is 5.82 Å². The summed E-state index contributed by atoms with van der Waals surface area (Å²) in [5.74, 6) is -0.750. The number of pyridine rings is 1. The summed E-state index contributed by atoms with van der Waals surface area (Å²) in [6.07, 6.45) is 5.61. The topological polar surface area (TPSA) is 154 Å². The van der Waals surface area contributed by atoms with Crippen molar-refractivity contribution in [3.8, 4) is 22.4 Å². The van der Waals surface area contributed by atoms with E-state index < -0.39 is 15.7 Å². The van der Waals surface area contributed by atoms with Gasteiger partial charge < -0.3 is 16.0 Å². The quantitative estimate of drug-likeness (QED) is 0.355. The second-order valence-corrected chi connectivity index (χ2v) is 7.91. The molecule has 5 N–H and O–H groups in total. The van der Waals surface area contributed by atoms with Crippen molar-refractivity contribution < 1.29 is 17.3 Å². The van der Waals surface area contributed by atoms with E-state index >= 15 is 0 Å². The van der Waals surface area contributed by atoms with E-state index in [1.165, 1.54) is 6.20 Å². The van der Waals surface area contributed by atoms with Crippen molar-refractivity contribution in [1.29, 1.82) is 0 Å². The molecular formula is C16H13FN6O3S. The number of anilines is 2. The lowest BCUT2D eigenvalue weighted by atomic mass is 10.0. The summed E-state index contributed by atoms with van der Waals surface area (Å²) in [7, 11) is -3.68. The molecule has 0 aliphatic carbocycles. The first kappa shape index (κ1) is 17.0. The molecule has 3 heterocycles. The van der Waals surface area contributed by atoms with E-state index in [-0.39, 0.29) is 38.6 Å². The molecule has 9 nitrogen and oxygen atoms in total. The lowest BCUT2D eigenvalue weighted by Gasteiger charge is -2.10. The second kappa shape index (κ2) is 5.77. The number of nitrogens with zero attached hydrogens (tertiary/aromatic N) is 3. The van der Waals surface area contributed by atoms with Crippen LogP contribution in [0.1, 0.15) is 0 Å². The number of hydrogen-bond acceptors (Lipinski definition) is 8. The average Bonchev–Trinajstić information content (AvgIpc) is 3.24. The minimum absolute atomic E-state index is 0.00465. The molecule has 1 aromatic carbocycles. The first-order valence-electron chi connectivity index (χ1n) is 7.60. The van der Waals surface area contributed by atoms with Crippen LogP contribution in [0.25, 0.3) is 33.4 Å². The van der Waals surface area contributed by atoms with Gasteiger partial charge in [0.25, 0.3) is 0 Å². The molecule has 0 unspecified atom stereocenters. The van der Waals surface area contributed by atoms with Gasteiger partial charge >= 0.3 is 0 Å². The number of aromatic nitrogens is 4. The van der Waals surface area contributed by atoms with E-state index in [0.29, 0.717) is 11.1 Å². The van der Waals surface area contributed by atoms with Crippen LogP contribution in [0.4, 0.5) is 15.9 Å². The summed E-state index contributed by atoms with van der Waals surface area (Å²) in [4.78, 5) is 4.08. The summed E-state index contributed by atoms with van der Waals surface area (Å²) in [5.41, 5.74) is 12.9. The van der Waals surface area contributed by atoms with Gasteiger partial charge in [0.2, 0.25) is 0 Å². The van der Waals surface area contributed by atoms with Gasteiger partial charge in [-0.3, -0.25) is 10.1 Å². The van der Waals surface area contributed by atoms with Crippen molar-refractivity contribution in [2.45, 2.75) is 4.90 Å². The van der Waals surface area contributed by atoms with E-state index in [9.17, 15) is 12.8 Å². The lowest BCUT2D eigenvalue weighted by molar-refractivity contribution is 0.461. The normalized spacial score (nSPS) is 11.9. The molecule has 0 saturated heterocycles. The highest BCUT2D eigenvalue weighted by Crippen LogP contribution is 2.38. The molecule has 4 rings (SSSR count).